The Morgan fingerprint density at radius 3 is 2.67 bits per heavy atom. The van der Waals surface area contributed by atoms with E-state index in [2.05, 4.69) is 12.2 Å². The minimum Gasteiger partial charge on any atom is -0.396 e. The highest BCUT2D eigenvalue weighted by Crippen LogP contribution is 2.43. The number of aliphatic hydroxyl groups is 1. The van der Waals surface area contributed by atoms with Crippen LogP contribution in [-0.4, -0.2) is 38.0 Å². The van der Waals surface area contributed by atoms with Gasteiger partial charge in [-0.15, -0.1) is 0 Å². The zero-order chi connectivity index (χ0) is 11.1. The Hall–Kier alpha value is -0.120. The molecule has 1 unspecified atom stereocenters. The highest BCUT2D eigenvalue weighted by molar-refractivity contribution is 4.89. The van der Waals surface area contributed by atoms with E-state index in [1.54, 1.807) is 7.11 Å². The van der Waals surface area contributed by atoms with Crippen LogP contribution in [0.25, 0.3) is 0 Å². The molecular formula is C12H25NO2. The monoisotopic (exact) mass is 215 g/mol. The van der Waals surface area contributed by atoms with E-state index in [1.807, 2.05) is 0 Å². The van der Waals surface area contributed by atoms with E-state index in [0.717, 1.165) is 26.0 Å². The molecule has 0 spiro atoms. The first kappa shape index (κ1) is 12.9. The molecule has 1 saturated carbocycles. The fourth-order valence-electron chi connectivity index (χ4n) is 2.22. The molecule has 0 aromatic carbocycles. The Morgan fingerprint density at radius 2 is 2.20 bits per heavy atom. The summed E-state index contributed by atoms with van der Waals surface area (Å²) in [6.07, 6.45) is 5.89. The molecule has 0 amide bonds. The summed E-state index contributed by atoms with van der Waals surface area (Å²) in [6.45, 7) is 4.40. The second-order valence-corrected chi connectivity index (χ2v) is 4.89. The molecule has 3 heteroatoms. The Balaban J connectivity index is 2.16. The summed E-state index contributed by atoms with van der Waals surface area (Å²) in [5.41, 5.74) is 0.399. The molecule has 2 N–H and O–H groups in total. The molecule has 0 bridgehead atoms. The van der Waals surface area contributed by atoms with Crippen molar-refractivity contribution in [1.29, 1.82) is 0 Å². The Morgan fingerprint density at radius 1 is 1.47 bits per heavy atom. The molecular weight excluding hydrogens is 190 g/mol. The molecule has 0 aromatic rings. The van der Waals surface area contributed by atoms with E-state index >= 15 is 0 Å². The van der Waals surface area contributed by atoms with Gasteiger partial charge in [-0.25, -0.2) is 0 Å². The van der Waals surface area contributed by atoms with E-state index in [4.69, 9.17) is 9.84 Å². The van der Waals surface area contributed by atoms with Gasteiger partial charge in [-0.3, -0.25) is 0 Å². The van der Waals surface area contributed by atoms with Crippen LogP contribution in [0.3, 0.4) is 0 Å². The van der Waals surface area contributed by atoms with Crippen LogP contribution in [0.15, 0.2) is 0 Å². The molecule has 1 atom stereocenters. The Labute approximate surface area is 93.2 Å². The van der Waals surface area contributed by atoms with Crippen LogP contribution in [0.1, 0.15) is 39.0 Å². The van der Waals surface area contributed by atoms with Crippen molar-refractivity contribution in [3.8, 4) is 0 Å². The number of methoxy groups -OCH3 is 1. The second kappa shape index (κ2) is 6.46. The lowest BCUT2D eigenvalue weighted by Crippen LogP contribution is -2.43. The fourth-order valence-corrected chi connectivity index (χ4v) is 2.22. The number of nitrogens with one attached hydrogen (secondary N) is 1. The van der Waals surface area contributed by atoms with Crippen LogP contribution >= 0.6 is 0 Å². The molecule has 0 aromatic heterocycles. The van der Waals surface area contributed by atoms with Crippen LogP contribution in [0.2, 0.25) is 0 Å². The Kier molecular flexibility index (Phi) is 5.58. The van der Waals surface area contributed by atoms with Gasteiger partial charge in [0.1, 0.15) is 0 Å². The van der Waals surface area contributed by atoms with E-state index in [-0.39, 0.29) is 0 Å². The van der Waals surface area contributed by atoms with E-state index in [9.17, 15) is 0 Å². The van der Waals surface area contributed by atoms with Crippen molar-refractivity contribution in [2.75, 3.05) is 26.9 Å². The van der Waals surface area contributed by atoms with Gasteiger partial charge in [-0.2, -0.15) is 0 Å². The van der Waals surface area contributed by atoms with Crippen LogP contribution < -0.4 is 5.32 Å². The predicted octanol–water partition coefficient (Wildman–Crippen LogP) is 1.55. The first-order chi connectivity index (χ1) is 7.22. The summed E-state index contributed by atoms with van der Waals surface area (Å²) in [6, 6.07) is 0.515. The van der Waals surface area contributed by atoms with Crippen molar-refractivity contribution in [2.45, 2.75) is 45.1 Å². The fraction of sp³-hybridized carbons (Fsp3) is 1.00. The lowest BCUT2D eigenvalue weighted by atomic mass is 9.66. The largest absolute Gasteiger partial charge is 0.396 e. The van der Waals surface area contributed by atoms with Gasteiger partial charge in [0, 0.05) is 32.9 Å². The predicted molar refractivity (Wildman–Crippen MR) is 61.9 cm³/mol. The molecule has 0 saturated heterocycles. The van der Waals surface area contributed by atoms with E-state index in [1.165, 1.54) is 19.3 Å². The van der Waals surface area contributed by atoms with Crippen LogP contribution in [0.5, 0.6) is 0 Å². The van der Waals surface area contributed by atoms with Gasteiger partial charge >= 0.3 is 0 Å². The highest BCUT2D eigenvalue weighted by atomic mass is 16.5. The molecule has 90 valence electrons. The third-order valence-electron chi connectivity index (χ3n) is 3.64. The van der Waals surface area contributed by atoms with Gasteiger partial charge in [0.25, 0.3) is 0 Å². The number of hydrogen-bond acceptors (Lipinski definition) is 3. The molecule has 1 aliphatic rings. The summed E-state index contributed by atoms with van der Waals surface area (Å²) in [7, 11) is 1.74. The molecule has 0 radical (unpaired) electrons. The minimum atomic E-state index is 0.328. The smallest absolute Gasteiger partial charge is 0.0476 e. The van der Waals surface area contributed by atoms with Crippen LogP contribution in [0, 0.1) is 5.41 Å². The topological polar surface area (TPSA) is 41.5 Å². The van der Waals surface area contributed by atoms with Gasteiger partial charge in [0.2, 0.25) is 0 Å². The molecule has 1 fully saturated rings. The number of ether oxygens (including phenoxy) is 1. The van der Waals surface area contributed by atoms with Gasteiger partial charge < -0.3 is 15.2 Å². The molecule has 1 aliphatic carbocycles. The quantitative estimate of drug-likeness (QED) is 0.645. The van der Waals surface area contributed by atoms with Crippen LogP contribution in [0.4, 0.5) is 0 Å². The van der Waals surface area contributed by atoms with Gasteiger partial charge in [0.15, 0.2) is 0 Å². The van der Waals surface area contributed by atoms with Crippen molar-refractivity contribution in [3.05, 3.63) is 0 Å². The summed E-state index contributed by atoms with van der Waals surface area (Å²) < 4.78 is 5.05. The van der Waals surface area contributed by atoms with E-state index in [0.29, 0.717) is 18.1 Å². The van der Waals surface area contributed by atoms with Crippen molar-refractivity contribution in [3.63, 3.8) is 0 Å². The summed E-state index contributed by atoms with van der Waals surface area (Å²) in [5, 5.41) is 12.6. The standard InChI is InChI=1S/C12H25NO2/c1-11(4-9-15-2)13-10-12(7-8-14)5-3-6-12/h11,13-14H,3-10H2,1-2H3. The maximum atomic E-state index is 9.03. The highest BCUT2D eigenvalue weighted by Gasteiger charge is 2.35. The maximum Gasteiger partial charge on any atom is 0.0476 e. The number of aliphatic hydroxyl groups excluding tert-OH is 1. The third kappa shape index (κ3) is 4.09. The van der Waals surface area contributed by atoms with Crippen LogP contribution in [-0.2, 0) is 4.74 Å². The molecule has 0 aliphatic heterocycles. The maximum absolute atomic E-state index is 9.03. The minimum absolute atomic E-state index is 0.328. The van der Waals surface area contributed by atoms with Crippen molar-refractivity contribution >= 4 is 0 Å². The zero-order valence-electron chi connectivity index (χ0n) is 10.1. The average molecular weight is 215 g/mol. The van der Waals surface area contributed by atoms with Gasteiger partial charge in [-0.05, 0) is 38.0 Å². The van der Waals surface area contributed by atoms with Gasteiger partial charge in [-0.1, -0.05) is 6.42 Å². The lowest BCUT2D eigenvalue weighted by molar-refractivity contribution is 0.0811. The van der Waals surface area contributed by atoms with Crippen molar-refractivity contribution in [2.24, 2.45) is 5.41 Å². The molecule has 15 heavy (non-hydrogen) atoms. The summed E-state index contributed by atoms with van der Waals surface area (Å²) >= 11 is 0. The lowest BCUT2D eigenvalue weighted by Gasteiger charge is -2.42. The normalized spacial score (nSPS) is 21.0. The molecule has 0 heterocycles. The second-order valence-electron chi connectivity index (χ2n) is 4.89. The first-order valence-electron chi connectivity index (χ1n) is 6.06. The van der Waals surface area contributed by atoms with E-state index < -0.39 is 0 Å². The molecule has 1 rings (SSSR count). The van der Waals surface area contributed by atoms with Gasteiger partial charge in [0.05, 0.1) is 0 Å². The number of hydrogen-bond donors (Lipinski definition) is 2. The van der Waals surface area contributed by atoms with Crippen molar-refractivity contribution < 1.29 is 9.84 Å². The molecule has 3 nitrogen and oxygen atoms in total. The Bertz CT molecular complexity index is 169. The average Bonchev–Trinajstić information content (AvgIpc) is 2.18. The number of rotatable bonds is 8. The van der Waals surface area contributed by atoms with Crippen molar-refractivity contribution in [1.82, 2.24) is 5.32 Å². The zero-order valence-corrected chi connectivity index (χ0v) is 10.1. The first-order valence-corrected chi connectivity index (χ1v) is 6.06. The summed E-state index contributed by atoms with van der Waals surface area (Å²) in [4.78, 5) is 0. The summed E-state index contributed by atoms with van der Waals surface area (Å²) in [5.74, 6) is 0. The SMILES string of the molecule is COCCC(C)NCC1(CCO)CCC1. The third-order valence-corrected chi connectivity index (χ3v) is 3.64.